The average Bonchev–Trinajstić information content (AvgIpc) is 2.44. The molecule has 0 saturated carbocycles. The maximum Gasteiger partial charge on any atom is 0.136 e. The summed E-state index contributed by atoms with van der Waals surface area (Å²) in [6, 6.07) is 6.04. The number of nitrogens with one attached hydrogen (secondary N) is 1. The van der Waals surface area contributed by atoms with Crippen molar-refractivity contribution in [3.05, 3.63) is 47.7 Å². The lowest BCUT2D eigenvalue weighted by Gasteiger charge is -2.24. The lowest BCUT2D eigenvalue weighted by atomic mass is 9.90. The summed E-state index contributed by atoms with van der Waals surface area (Å²) in [5, 5.41) is 3.39. The molecule has 4 nitrogen and oxygen atoms in total. The van der Waals surface area contributed by atoms with Crippen molar-refractivity contribution in [2.24, 2.45) is 0 Å². The Hall–Kier alpha value is -1.97. The van der Waals surface area contributed by atoms with Crippen molar-refractivity contribution in [2.45, 2.75) is 58.9 Å². The first-order chi connectivity index (χ1) is 10.2. The molecular formula is C18H26N4. The SMILES string of the molecule is CC(C)(C)c1cc(NCc2cccnc2)nc(C(C)(C)C)n1. The van der Waals surface area contributed by atoms with Gasteiger partial charge in [-0.2, -0.15) is 0 Å². The van der Waals surface area contributed by atoms with Gasteiger partial charge in [0.2, 0.25) is 0 Å². The summed E-state index contributed by atoms with van der Waals surface area (Å²) in [6.45, 7) is 13.6. The predicted octanol–water partition coefficient (Wildman–Crippen LogP) is 4.08. The van der Waals surface area contributed by atoms with E-state index in [1.807, 2.05) is 18.3 Å². The fourth-order valence-electron chi connectivity index (χ4n) is 1.95. The highest BCUT2D eigenvalue weighted by molar-refractivity contribution is 5.39. The lowest BCUT2D eigenvalue weighted by Crippen LogP contribution is -2.22. The standard InChI is InChI=1S/C18H26N4/c1-17(2,3)14-10-15(22-16(21-14)18(4,5)6)20-12-13-8-7-9-19-11-13/h7-11H,12H2,1-6H3,(H,20,21,22). The molecule has 4 heteroatoms. The minimum atomic E-state index is -0.0774. The second-order valence-electron chi connectivity index (χ2n) is 7.68. The highest BCUT2D eigenvalue weighted by atomic mass is 15.0. The van der Waals surface area contributed by atoms with Crippen molar-refractivity contribution in [3.8, 4) is 0 Å². The number of nitrogens with zero attached hydrogens (tertiary/aromatic N) is 3. The van der Waals surface area contributed by atoms with Crippen LogP contribution in [-0.2, 0) is 17.4 Å². The Balaban J connectivity index is 2.30. The molecule has 0 atom stereocenters. The van der Waals surface area contributed by atoms with E-state index in [1.165, 1.54) is 0 Å². The van der Waals surface area contributed by atoms with Crippen LogP contribution in [0.5, 0.6) is 0 Å². The third-order valence-electron chi connectivity index (χ3n) is 3.36. The Kier molecular flexibility index (Phi) is 4.50. The van der Waals surface area contributed by atoms with Gasteiger partial charge in [-0.25, -0.2) is 9.97 Å². The van der Waals surface area contributed by atoms with Crippen LogP contribution in [-0.4, -0.2) is 15.0 Å². The van der Waals surface area contributed by atoms with Gasteiger partial charge in [0.1, 0.15) is 11.6 Å². The van der Waals surface area contributed by atoms with Crippen LogP contribution < -0.4 is 5.32 Å². The Labute approximate surface area is 133 Å². The fraction of sp³-hybridized carbons (Fsp3) is 0.500. The summed E-state index contributed by atoms with van der Waals surface area (Å²) < 4.78 is 0. The van der Waals surface area contributed by atoms with E-state index >= 15 is 0 Å². The highest BCUT2D eigenvalue weighted by Crippen LogP contribution is 2.26. The van der Waals surface area contributed by atoms with Crippen molar-refractivity contribution in [1.82, 2.24) is 15.0 Å². The molecular weight excluding hydrogens is 272 g/mol. The molecule has 0 amide bonds. The molecule has 0 radical (unpaired) electrons. The number of aromatic nitrogens is 3. The first-order valence-corrected chi connectivity index (χ1v) is 7.69. The van der Waals surface area contributed by atoms with Gasteiger partial charge in [0.05, 0.1) is 5.69 Å². The van der Waals surface area contributed by atoms with E-state index < -0.39 is 0 Å². The Morgan fingerprint density at radius 3 is 2.27 bits per heavy atom. The zero-order valence-electron chi connectivity index (χ0n) is 14.4. The van der Waals surface area contributed by atoms with Crippen LogP contribution in [0.15, 0.2) is 30.6 Å². The van der Waals surface area contributed by atoms with Crippen LogP contribution >= 0.6 is 0 Å². The van der Waals surface area contributed by atoms with Crippen molar-refractivity contribution >= 4 is 5.82 Å². The number of hydrogen-bond acceptors (Lipinski definition) is 4. The van der Waals surface area contributed by atoms with E-state index in [0.717, 1.165) is 22.9 Å². The van der Waals surface area contributed by atoms with Crippen LogP contribution in [0.4, 0.5) is 5.82 Å². The van der Waals surface area contributed by atoms with E-state index in [-0.39, 0.29) is 10.8 Å². The monoisotopic (exact) mass is 298 g/mol. The molecule has 0 fully saturated rings. The Morgan fingerprint density at radius 2 is 1.73 bits per heavy atom. The van der Waals surface area contributed by atoms with Gasteiger partial charge in [0.25, 0.3) is 0 Å². The zero-order chi connectivity index (χ0) is 16.4. The molecule has 0 aromatic carbocycles. The second-order valence-corrected chi connectivity index (χ2v) is 7.68. The third kappa shape index (κ3) is 4.26. The summed E-state index contributed by atoms with van der Waals surface area (Å²) in [4.78, 5) is 13.6. The third-order valence-corrected chi connectivity index (χ3v) is 3.36. The van der Waals surface area contributed by atoms with Gasteiger partial charge < -0.3 is 5.32 Å². The molecule has 0 aliphatic heterocycles. The van der Waals surface area contributed by atoms with E-state index in [4.69, 9.17) is 9.97 Å². The van der Waals surface area contributed by atoms with E-state index in [0.29, 0.717) is 6.54 Å². The maximum absolute atomic E-state index is 4.77. The molecule has 0 aliphatic carbocycles. The van der Waals surface area contributed by atoms with Crippen LogP contribution in [0.2, 0.25) is 0 Å². The topological polar surface area (TPSA) is 50.7 Å². The van der Waals surface area contributed by atoms with E-state index in [1.54, 1.807) is 6.20 Å². The molecule has 2 aromatic heterocycles. The zero-order valence-corrected chi connectivity index (χ0v) is 14.4. The molecule has 0 spiro atoms. The molecule has 0 unspecified atom stereocenters. The number of anilines is 1. The van der Waals surface area contributed by atoms with Gasteiger partial charge in [-0.05, 0) is 11.6 Å². The first-order valence-electron chi connectivity index (χ1n) is 7.69. The summed E-state index contributed by atoms with van der Waals surface area (Å²) in [5.41, 5.74) is 2.11. The fourth-order valence-corrected chi connectivity index (χ4v) is 1.95. The van der Waals surface area contributed by atoms with Gasteiger partial charge in [0.15, 0.2) is 0 Å². The Bertz CT molecular complexity index is 590. The highest BCUT2D eigenvalue weighted by Gasteiger charge is 2.23. The number of hydrogen-bond donors (Lipinski definition) is 1. The minimum Gasteiger partial charge on any atom is -0.366 e. The van der Waals surface area contributed by atoms with Crippen LogP contribution in [0.3, 0.4) is 0 Å². The molecule has 22 heavy (non-hydrogen) atoms. The summed E-state index contributed by atoms with van der Waals surface area (Å²) in [7, 11) is 0. The Morgan fingerprint density at radius 1 is 1.00 bits per heavy atom. The number of rotatable bonds is 3. The molecule has 2 rings (SSSR count). The minimum absolute atomic E-state index is 0.00628. The molecule has 2 heterocycles. The summed E-state index contributed by atoms with van der Waals surface area (Å²) in [5.74, 6) is 1.74. The normalized spacial score (nSPS) is 12.3. The molecule has 2 aromatic rings. The number of pyridine rings is 1. The second kappa shape index (κ2) is 6.03. The van der Waals surface area contributed by atoms with Crippen molar-refractivity contribution in [3.63, 3.8) is 0 Å². The van der Waals surface area contributed by atoms with Crippen LogP contribution in [0, 0.1) is 0 Å². The molecule has 0 aliphatic rings. The van der Waals surface area contributed by atoms with Crippen LogP contribution in [0.1, 0.15) is 58.6 Å². The van der Waals surface area contributed by atoms with E-state index in [2.05, 4.69) is 57.9 Å². The first kappa shape index (κ1) is 16.4. The van der Waals surface area contributed by atoms with Gasteiger partial charge in [-0.15, -0.1) is 0 Å². The van der Waals surface area contributed by atoms with Crippen molar-refractivity contribution in [2.75, 3.05) is 5.32 Å². The molecule has 0 bridgehead atoms. The van der Waals surface area contributed by atoms with Crippen molar-refractivity contribution < 1.29 is 0 Å². The maximum atomic E-state index is 4.77. The molecule has 1 N–H and O–H groups in total. The quantitative estimate of drug-likeness (QED) is 0.927. The lowest BCUT2D eigenvalue weighted by molar-refractivity contribution is 0.514. The van der Waals surface area contributed by atoms with Crippen LogP contribution in [0.25, 0.3) is 0 Å². The van der Waals surface area contributed by atoms with Gasteiger partial charge in [0, 0.05) is 35.8 Å². The summed E-state index contributed by atoms with van der Waals surface area (Å²) in [6.07, 6.45) is 3.65. The summed E-state index contributed by atoms with van der Waals surface area (Å²) >= 11 is 0. The molecule has 0 saturated heterocycles. The average molecular weight is 298 g/mol. The van der Waals surface area contributed by atoms with Gasteiger partial charge >= 0.3 is 0 Å². The van der Waals surface area contributed by atoms with Crippen molar-refractivity contribution in [1.29, 1.82) is 0 Å². The molecule has 118 valence electrons. The van der Waals surface area contributed by atoms with Gasteiger partial charge in [-0.3, -0.25) is 4.98 Å². The van der Waals surface area contributed by atoms with Gasteiger partial charge in [-0.1, -0.05) is 47.6 Å². The van der Waals surface area contributed by atoms with E-state index in [9.17, 15) is 0 Å². The predicted molar refractivity (Wildman–Crippen MR) is 91.0 cm³/mol. The smallest absolute Gasteiger partial charge is 0.136 e. The largest absolute Gasteiger partial charge is 0.366 e.